The summed E-state index contributed by atoms with van der Waals surface area (Å²) >= 11 is 0. The van der Waals surface area contributed by atoms with Crippen molar-refractivity contribution in [2.75, 3.05) is 13.2 Å². The fourth-order valence-corrected chi connectivity index (χ4v) is 0.510. The molecule has 1 aliphatic rings. The Bertz CT molecular complexity index is 22.0. The maximum atomic E-state index is 4.94. The predicted molar refractivity (Wildman–Crippen MR) is 39.5 cm³/mol. The molecular weight excluding hydrogens is 120 g/mol. The number of ether oxygens (including phenoxy) is 1. The Kier molecular flexibility index (Phi) is 14.0. The van der Waals surface area contributed by atoms with Crippen LogP contribution in [-0.4, -0.2) is 28.9 Å². The normalized spacial score (nSPS) is 16.1. The second kappa shape index (κ2) is 10.2. The van der Waals surface area contributed by atoms with E-state index in [2.05, 4.69) is 6.55 Å². The van der Waals surface area contributed by atoms with Crippen LogP contribution in [0, 0.1) is 0 Å². The first-order chi connectivity index (χ1) is 3.50. The molecule has 0 spiro atoms. The Morgan fingerprint density at radius 2 is 1.50 bits per heavy atom. The lowest BCUT2D eigenvalue weighted by molar-refractivity contribution is 0.198. The predicted octanol–water partition coefficient (Wildman–Crippen LogP) is -0.628. The first kappa shape index (κ1) is 11.0. The Balaban J connectivity index is 0. The monoisotopic (exact) mass is 136 g/mol. The van der Waals surface area contributed by atoms with Crippen LogP contribution >= 0.6 is 0 Å². The van der Waals surface area contributed by atoms with Gasteiger partial charge in [-0.15, -0.1) is 0 Å². The van der Waals surface area contributed by atoms with Crippen LogP contribution < -0.4 is 0 Å². The molecule has 0 aliphatic carbocycles. The molecule has 0 atom stereocenters. The highest BCUT2D eigenvalue weighted by Crippen LogP contribution is 1.98. The molecule has 0 aromatic carbocycles. The molecule has 1 aliphatic heterocycles. The molecule has 2 N–H and O–H groups in total. The molecule has 1 heterocycles. The van der Waals surface area contributed by atoms with Crippen molar-refractivity contribution in [2.24, 2.45) is 0 Å². The third kappa shape index (κ3) is 6.14. The molecule has 1 fully saturated rings. The van der Waals surface area contributed by atoms with Gasteiger partial charge < -0.3 is 10.2 Å². The van der Waals surface area contributed by atoms with E-state index in [4.69, 9.17) is 4.74 Å². The summed E-state index contributed by atoms with van der Waals surface area (Å²) in [5.41, 5.74) is 0. The fraction of sp³-hybridized carbons (Fsp3) is 1.00. The van der Waals surface area contributed by atoms with E-state index in [1.54, 1.807) is 0 Å². The van der Waals surface area contributed by atoms with Gasteiger partial charge in [0.1, 0.15) is 0 Å². The van der Waals surface area contributed by atoms with E-state index in [0.717, 1.165) is 13.2 Å². The first-order valence-corrected chi connectivity index (χ1v) is 5.08. The molecule has 8 heavy (non-hydrogen) atoms. The van der Waals surface area contributed by atoms with E-state index in [-0.39, 0.29) is 5.48 Å². The van der Waals surface area contributed by atoms with Gasteiger partial charge in [0.25, 0.3) is 0 Å². The van der Waals surface area contributed by atoms with Crippen molar-refractivity contribution in [1.29, 1.82) is 0 Å². The van der Waals surface area contributed by atoms with Crippen molar-refractivity contribution >= 4 is 10.2 Å². The first-order valence-electron chi connectivity index (χ1n) is 3.08. The van der Waals surface area contributed by atoms with Gasteiger partial charge in [0, 0.05) is 13.2 Å². The molecule has 1 rings (SSSR count). The minimum Gasteiger partial charge on any atom is -0.412 e. The molecule has 0 saturated carbocycles. The lowest BCUT2D eigenvalue weighted by Crippen LogP contribution is -1.74. The van der Waals surface area contributed by atoms with E-state index in [1.165, 1.54) is 23.1 Å². The molecule has 0 aromatic rings. The number of hydrogen-bond acceptors (Lipinski definition) is 1. The van der Waals surface area contributed by atoms with Crippen LogP contribution in [0.5, 0.6) is 0 Å². The average Bonchev–Trinajstić information content (AvgIpc) is 2.23. The van der Waals surface area contributed by atoms with E-state index in [0.29, 0.717) is 0 Å². The molecule has 52 valence electrons. The molecular formula is C5H16O2Si. The Labute approximate surface area is 54.0 Å². The van der Waals surface area contributed by atoms with E-state index in [1.807, 2.05) is 0 Å². The van der Waals surface area contributed by atoms with Crippen LogP contribution in [-0.2, 0) is 4.74 Å². The molecule has 3 heteroatoms. The lowest BCUT2D eigenvalue weighted by atomic mass is 10.4. The van der Waals surface area contributed by atoms with Crippen LogP contribution in [0.15, 0.2) is 0 Å². The highest BCUT2D eigenvalue weighted by molar-refractivity contribution is 6.05. The topological polar surface area (TPSA) is 40.7 Å². The van der Waals surface area contributed by atoms with Crippen LogP contribution in [0.3, 0.4) is 0 Å². The maximum Gasteiger partial charge on any atom is 0.0466 e. The van der Waals surface area contributed by atoms with Gasteiger partial charge in [0.2, 0.25) is 0 Å². The zero-order valence-corrected chi connectivity index (χ0v) is 7.74. The van der Waals surface area contributed by atoms with Gasteiger partial charge in [0.05, 0.1) is 0 Å². The largest absolute Gasteiger partial charge is 0.412 e. The van der Waals surface area contributed by atoms with Gasteiger partial charge >= 0.3 is 0 Å². The standard InChI is InChI=1S/C4H8O.CH6Si.H2O/c1-2-4-5-3-1;1-2;/h1-4H2;1-2H3;1H2. The second-order valence-electron chi connectivity index (χ2n) is 1.32. The summed E-state index contributed by atoms with van der Waals surface area (Å²) in [6.07, 6.45) is 2.56. The van der Waals surface area contributed by atoms with Crippen molar-refractivity contribution in [2.45, 2.75) is 19.4 Å². The maximum absolute atomic E-state index is 4.94. The molecule has 0 bridgehead atoms. The third-order valence-electron chi connectivity index (χ3n) is 0.827. The van der Waals surface area contributed by atoms with Crippen molar-refractivity contribution < 1.29 is 10.2 Å². The highest BCUT2D eigenvalue weighted by atomic mass is 28.1. The third-order valence-corrected chi connectivity index (χ3v) is 0.827. The molecule has 1 saturated heterocycles. The van der Waals surface area contributed by atoms with Crippen LogP contribution in [0.1, 0.15) is 12.8 Å². The van der Waals surface area contributed by atoms with E-state index >= 15 is 0 Å². The fourth-order valence-electron chi connectivity index (χ4n) is 0.510. The molecule has 2 nitrogen and oxygen atoms in total. The van der Waals surface area contributed by atoms with Gasteiger partial charge in [-0.05, 0) is 23.1 Å². The summed E-state index contributed by atoms with van der Waals surface area (Å²) in [5.74, 6) is 0. The van der Waals surface area contributed by atoms with Gasteiger partial charge in [0.15, 0.2) is 0 Å². The van der Waals surface area contributed by atoms with Gasteiger partial charge in [-0.25, -0.2) is 0 Å². The zero-order valence-electron chi connectivity index (χ0n) is 5.74. The average molecular weight is 136 g/mol. The van der Waals surface area contributed by atoms with Gasteiger partial charge in [-0.3, -0.25) is 0 Å². The summed E-state index contributed by atoms with van der Waals surface area (Å²) in [5, 5.41) is 0. The van der Waals surface area contributed by atoms with Crippen LogP contribution in [0.2, 0.25) is 6.55 Å². The van der Waals surface area contributed by atoms with Crippen LogP contribution in [0.4, 0.5) is 0 Å². The van der Waals surface area contributed by atoms with Crippen molar-refractivity contribution in [1.82, 2.24) is 0 Å². The Hall–Kier alpha value is 0.137. The second-order valence-corrected chi connectivity index (χ2v) is 1.32. The SMILES string of the molecule is C1CCOC1.C[SiH3].O. The lowest BCUT2D eigenvalue weighted by Gasteiger charge is -1.76. The van der Waals surface area contributed by atoms with E-state index < -0.39 is 0 Å². The quantitative estimate of drug-likeness (QED) is 0.409. The smallest absolute Gasteiger partial charge is 0.0466 e. The van der Waals surface area contributed by atoms with E-state index in [9.17, 15) is 0 Å². The summed E-state index contributed by atoms with van der Waals surface area (Å²) < 4.78 is 4.94. The van der Waals surface area contributed by atoms with Crippen molar-refractivity contribution in [3.05, 3.63) is 0 Å². The molecule has 0 amide bonds. The summed E-state index contributed by atoms with van der Waals surface area (Å²) in [6.45, 7) is 4.14. The highest BCUT2D eigenvalue weighted by Gasteiger charge is 1.94. The number of hydrogen-bond donors (Lipinski definition) is 0. The molecule has 0 radical (unpaired) electrons. The number of rotatable bonds is 0. The van der Waals surface area contributed by atoms with Crippen molar-refractivity contribution in [3.8, 4) is 0 Å². The van der Waals surface area contributed by atoms with Crippen LogP contribution in [0.25, 0.3) is 0 Å². The Morgan fingerprint density at radius 1 is 1.12 bits per heavy atom. The van der Waals surface area contributed by atoms with Gasteiger partial charge in [-0.1, -0.05) is 6.55 Å². The summed E-state index contributed by atoms with van der Waals surface area (Å²) in [6, 6.07) is 0. The minimum atomic E-state index is 0. The molecule has 0 aromatic heterocycles. The summed E-state index contributed by atoms with van der Waals surface area (Å²) in [7, 11) is 1.31. The summed E-state index contributed by atoms with van der Waals surface area (Å²) in [4.78, 5) is 0. The Morgan fingerprint density at radius 3 is 1.62 bits per heavy atom. The zero-order chi connectivity index (χ0) is 5.54. The molecule has 0 unspecified atom stereocenters. The van der Waals surface area contributed by atoms with Gasteiger partial charge in [-0.2, -0.15) is 0 Å². The minimum absolute atomic E-state index is 0. The van der Waals surface area contributed by atoms with Crippen molar-refractivity contribution in [3.63, 3.8) is 0 Å².